The molecule has 1 aromatic carbocycles. The lowest BCUT2D eigenvalue weighted by Crippen LogP contribution is -1.96. The summed E-state index contributed by atoms with van der Waals surface area (Å²) < 4.78 is 19.0. The predicted octanol–water partition coefficient (Wildman–Crippen LogP) is 4.02. The number of benzene rings is 1. The SMILES string of the molecule is C=CC(=C)Oc1nc(Cl)c2c(n1)[nH]c1c(NC)cc(F)cc12. The van der Waals surface area contributed by atoms with Crippen molar-refractivity contribution in [1.29, 1.82) is 0 Å². The maximum Gasteiger partial charge on any atom is 0.325 e. The Balaban J connectivity index is 2.29. The average Bonchev–Trinajstić information content (AvgIpc) is 2.84. The molecule has 0 spiro atoms. The van der Waals surface area contributed by atoms with Gasteiger partial charge in [0.25, 0.3) is 0 Å². The first kappa shape index (κ1) is 14.3. The Labute approximate surface area is 130 Å². The van der Waals surface area contributed by atoms with Crippen molar-refractivity contribution in [2.45, 2.75) is 0 Å². The molecular weight excluding hydrogens is 307 g/mol. The molecule has 3 rings (SSSR count). The third-order valence-corrected chi connectivity index (χ3v) is 3.45. The molecule has 2 aromatic heterocycles. The van der Waals surface area contributed by atoms with Crippen molar-refractivity contribution in [3.8, 4) is 6.01 Å². The fourth-order valence-electron chi connectivity index (χ4n) is 2.20. The van der Waals surface area contributed by atoms with Crippen LogP contribution >= 0.6 is 11.6 Å². The van der Waals surface area contributed by atoms with Gasteiger partial charge in [0, 0.05) is 12.4 Å². The van der Waals surface area contributed by atoms with Crippen molar-refractivity contribution in [2.75, 3.05) is 12.4 Å². The van der Waals surface area contributed by atoms with Crippen molar-refractivity contribution in [2.24, 2.45) is 0 Å². The van der Waals surface area contributed by atoms with Crippen LogP contribution in [0.15, 0.2) is 37.1 Å². The Kier molecular flexibility index (Phi) is 3.46. The van der Waals surface area contributed by atoms with Gasteiger partial charge in [-0.2, -0.15) is 9.97 Å². The summed E-state index contributed by atoms with van der Waals surface area (Å²) in [4.78, 5) is 11.4. The first-order chi connectivity index (χ1) is 10.5. The molecule has 0 aliphatic heterocycles. The third-order valence-electron chi connectivity index (χ3n) is 3.18. The topological polar surface area (TPSA) is 62.8 Å². The number of fused-ring (bicyclic) bond motifs is 3. The van der Waals surface area contributed by atoms with Gasteiger partial charge in [-0.3, -0.25) is 0 Å². The number of aromatic nitrogens is 3. The second-order valence-electron chi connectivity index (χ2n) is 4.54. The van der Waals surface area contributed by atoms with Crippen molar-refractivity contribution in [1.82, 2.24) is 15.0 Å². The number of hydrogen-bond donors (Lipinski definition) is 2. The molecule has 22 heavy (non-hydrogen) atoms. The number of rotatable bonds is 4. The zero-order chi connectivity index (χ0) is 15.9. The van der Waals surface area contributed by atoms with Crippen LogP contribution in [0.25, 0.3) is 21.9 Å². The molecule has 3 aromatic rings. The fraction of sp³-hybridized carbons (Fsp3) is 0.0667. The van der Waals surface area contributed by atoms with E-state index < -0.39 is 0 Å². The molecule has 2 N–H and O–H groups in total. The van der Waals surface area contributed by atoms with E-state index in [9.17, 15) is 4.39 Å². The molecule has 2 heterocycles. The third kappa shape index (κ3) is 2.27. The molecule has 0 bridgehead atoms. The largest absolute Gasteiger partial charge is 0.425 e. The van der Waals surface area contributed by atoms with Gasteiger partial charge >= 0.3 is 6.01 Å². The highest BCUT2D eigenvalue weighted by Gasteiger charge is 2.16. The minimum Gasteiger partial charge on any atom is -0.425 e. The monoisotopic (exact) mass is 318 g/mol. The normalized spacial score (nSPS) is 10.9. The van der Waals surface area contributed by atoms with E-state index in [2.05, 4.69) is 33.4 Å². The Morgan fingerprint density at radius 3 is 2.91 bits per heavy atom. The Morgan fingerprint density at radius 2 is 2.23 bits per heavy atom. The number of halogens is 2. The van der Waals surface area contributed by atoms with Gasteiger partial charge in [0.2, 0.25) is 0 Å². The van der Waals surface area contributed by atoms with Crippen molar-refractivity contribution in [3.05, 3.63) is 48.1 Å². The molecule has 0 unspecified atom stereocenters. The number of nitrogens with one attached hydrogen (secondary N) is 2. The average molecular weight is 319 g/mol. The van der Waals surface area contributed by atoms with Crippen LogP contribution in [0.1, 0.15) is 0 Å². The van der Waals surface area contributed by atoms with Crippen LogP contribution in [0, 0.1) is 5.82 Å². The zero-order valence-corrected chi connectivity index (χ0v) is 12.5. The lowest BCUT2D eigenvalue weighted by molar-refractivity contribution is 0.412. The lowest BCUT2D eigenvalue weighted by Gasteiger charge is -2.03. The van der Waals surface area contributed by atoms with Crippen LogP contribution in [0.3, 0.4) is 0 Å². The summed E-state index contributed by atoms with van der Waals surface area (Å²) in [6.07, 6.45) is 1.43. The molecule has 112 valence electrons. The highest BCUT2D eigenvalue weighted by Crippen LogP contribution is 2.34. The minimum atomic E-state index is -0.380. The van der Waals surface area contributed by atoms with Gasteiger partial charge in [-0.05, 0) is 18.2 Å². The standard InChI is InChI=1S/C15H12ClFN4O/c1-4-7(2)22-15-20-13(16)11-9-5-8(17)6-10(18-3)12(9)19-14(11)21-15/h4-6,18H,1-2H2,3H3,(H,19,20,21). The maximum absolute atomic E-state index is 13.7. The molecule has 5 nitrogen and oxygen atoms in total. The molecule has 0 aliphatic carbocycles. The molecular formula is C15H12ClFN4O. The molecule has 0 fully saturated rings. The lowest BCUT2D eigenvalue weighted by atomic mass is 10.2. The minimum absolute atomic E-state index is 0.0421. The summed E-state index contributed by atoms with van der Waals surface area (Å²) in [5.74, 6) is -0.0809. The molecule has 0 radical (unpaired) electrons. The van der Waals surface area contributed by atoms with Gasteiger partial charge in [0.1, 0.15) is 22.4 Å². The van der Waals surface area contributed by atoms with Crippen LogP contribution in [-0.4, -0.2) is 22.0 Å². The van der Waals surface area contributed by atoms with Crippen LogP contribution in [-0.2, 0) is 0 Å². The summed E-state index contributed by atoms with van der Waals surface area (Å²) in [6.45, 7) is 7.16. The van der Waals surface area contributed by atoms with Gasteiger partial charge in [-0.25, -0.2) is 4.39 Å². The van der Waals surface area contributed by atoms with Crippen molar-refractivity contribution >= 4 is 39.2 Å². The first-order valence-electron chi connectivity index (χ1n) is 6.39. The second kappa shape index (κ2) is 5.31. The van der Waals surface area contributed by atoms with Crippen LogP contribution in [0.4, 0.5) is 10.1 Å². The second-order valence-corrected chi connectivity index (χ2v) is 4.90. The van der Waals surface area contributed by atoms with Crippen molar-refractivity contribution < 1.29 is 9.13 Å². The fourth-order valence-corrected chi connectivity index (χ4v) is 2.47. The highest BCUT2D eigenvalue weighted by atomic mass is 35.5. The van der Waals surface area contributed by atoms with Gasteiger partial charge in [0.05, 0.1) is 16.6 Å². The quantitative estimate of drug-likeness (QED) is 0.433. The van der Waals surface area contributed by atoms with E-state index in [-0.39, 0.29) is 17.0 Å². The summed E-state index contributed by atoms with van der Waals surface area (Å²) in [5, 5.41) is 4.22. The van der Waals surface area contributed by atoms with E-state index in [4.69, 9.17) is 16.3 Å². The smallest absolute Gasteiger partial charge is 0.325 e. The number of anilines is 1. The van der Waals surface area contributed by atoms with E-state index >= 15 is 0 Å². The van der Waals surface area contributed by atoms with E-state index in [0.29, 0.717) is 33.4 Å². The number of hydrogen-bond acceptors (Lipinski definition) is 4. The van der Waals surface area contributed by atoms with Crippen LogP contribution in [0.2, 0.25) is 5.15 Å². The molecule has 0 aliphatic rings. The Morgan fingerprint density at radius 1 is 1.45 bits per heavy atom. The molecule has 0 saturated carbocycles. The van der Waals surface area contributed by atoms with Gasteiger partial charge < -0.3 is 15.0 Å². The summed E-state index contributed by atoms with van der Waals surface area (Å²) in [7, 11) is 1.70. The number of nitrogens with zero attached hydrogens (tertiary/aromatic N) is 2. The van der Waals surface area contributed by atoms with Gasteiger partial charge in [0.15, 0.2) is 0 Å². The highest BCUT2D eigenvalue weighted by molar-refractivity contribution is 6.36. The number of H-pyrrole nitrogens is 1. The van der Waals surface area contributed by atoms with E-state index in [0.717, 1.165) is 0 Å². The van der Waals surface area contributed by atoms with Crippen molar-refractivity contribution in [3.63, 3.8) is 0 Å². The first-order valence-corrected chi connectivity index (χ1v) is 6.76. The van der Waals surface area contributed by atoms with Gasteiger partial charge in [-0.1, -0.05) is 24.8 Å². The van der Waals surface area contributed by atoms with Crippen LogP contribution < -0.4 is 10.1 Å². The Hall–Kier alpha value is -2.60. The molecule has 0 atom stereocenters. The number of aromatic amines is 1. The van der Waals surface area contributed by atoms with E-state index in [1.54, 1.807) is 7.05 Å². The predicted molar refractivity (Wildman–Crippen MR) is 85.9 cm³/mol. The number of allylic oxidation sites excluding steroid dienone is 1. The summed E-state index contributed by atoms with van der Waals surface area (Å²) in [6, 6.07) is 2.81. The van der Waals surface area contributed by atoms with Crippen LogP contribution in [0.5, 0.6) is 6.01 Å². The summed E-state index contributed by atoms with van der Waals surface area (Å²) >= 11 is 6.21. The maximum atomic E-state index is 13.7. The molecule has 0 amide bonds. The van der Waals surface area contributed by atoms with E-state index in [1.165, 1.54) is 18.2 Å². The van der Waals surface area contributed by atoms with E-state index in [1.807, 2.05) is 0 Å². The summed E-state index contributed by atoms with van der Waals surface area (Å²) in [5.41, 5.74) is 1.74. The number of ether oxygens (including phenoxy) is 1. The molecule has 0 saturated heterocycles. The molecule has 7 heteroatoms. The van der Waals surface area contributed by atoms with Gasteiger partial charge in [-0.15, -0.1) is 0 Å². The Bertz CT molecular complexity index is 919. The zero-order valence-electron chi connectivity index (χ0n) is 11.7.